The fourth-order valence-corrected chi connectivity index (χ4v) is 3.19. The van der Waals surface area contributed by atoms with Crippen LogP contribution in [0.25, 0.3) is 23.0 Å². The first-order valence-corrected chi connectivity index (χ1v) is 8.28. The highest BCUT2D eigenvalue weighted by Gasteiger charge is 2.29. The molecule has 0 aromatic carbocycles. The number of hydrazine groups is 2. The SMILES string of the molecule is C[C@@H](NN1C=Cc2c(-c3cnc4nccn4c3)ccn2N1)C1CC1. The van der Waals surface area contributed by atoms with Crippen LogP contribution in [0.4, 0.5) is 0 Å². The lowest BCUT2D eigenvalue weighted by Gasteiger charge is -2.30. The van der Waals surface area contributed by atoms with Crippen LogP contribution in [0.3, 0.4) is 0 Å². The predicted octanol–water partition coefficient (Wildman–Crippen LogP) is 2.25. The standard InChI is InChI=1S/C17H19N7/c1-12(13-2-3-13)20-24-8-5-16-15(4-7-23(16)21-24)14-10-19-17-18-6-9-22(17)11-14/h4-13,20-21H,2-3H2,1H3/t12-/m1/s1. The van der Waals surface area contributed by atoms with Crippen molar-refractivity contribution in [3.05, 3.63) is 48.9 Å². The first kappa shape index (κ1) is 13.6. The second kappa shape index (κ2) is 5.10. The number of hydrogen-bond acceptors (Lipinski definition) is 5. The molecule has 0 saturated heterocycles. The summed E-state index contributed by atoms with van der Waals surface area (Å²) in [4.78, 5) is 8.59. The van der Waals surface area contributed by atoms with Gasteiger partial charge < -0.3 is 0 Å². The lowest BCUT2D eigenvalue weighted by molar-refractivity contribution is 0.233. The Kier molecular flexibility index (Phi) is 2.90. The van der Waals surface area contributed by atoms with E-state index in [9.17, 15) is 0 Å². The molecule has 1 aliphatic carbocycles. The van der Waals surface area contributed by atoms with E-state index >= 15 is 0 Å². The highest BCUT2D eigenvalue weighted by molar-refractivity contribution is 5.74. The molecule has 122 valence electrons. The van der Waals surface area contributed by atoms with Gasteiger partial charge >= 0.3 is 0 Å². The summed E-state index contributed by atoms with van der Waals surface area (Å²) in [5.74, 6) is 1.51. The average Bonchev–Trinajstić information content (AvgIpc) is 3.20. The summed E-state index contributed by atoms with van der Waals surface area (Å²) in [6.07, 6.45) is 16.4. The minimum atomic E-state index is 0.478. The van der Waals surface area contributed by atoms with Gasteiger partial charge in [0.25, 0.3) is 0 Å². The minimum absolute atomic E-state index is 0.478. The van der Waals surface area contributed by atoms with E-state index in [1.54, 1.807) is 6.20 Å². The van der Waals surface area contributed by atoms with Crippen LogP contribution in [0.5, 0.6) is 0 Å². The lowest BCUT2D eigenvalue weighted by Crippen LogP contribution is -2.48. The fourth-order valence-electron chi connectivity index (χ4n) is 3.19. The number of rotatable bonds is 4. The van der Waals surface area contributed by atoms with Crippen molar-refractivity contribution in [3.63, 3.8) is 0 Å². The summed E-state index contributed by atoms with van der Waals surface area (Å²) in [6.45, 7) is 2.23. The van der Waals surface area contributed by atoms with E-state index in [0.717, 1.165) is 22.7 Å². The molecule has 0 spiro atoms. The highest BCUT2D eigenvalue weighted by Crippen LogP contribution is 2.32. The fraction of sp³-hybridized carbons (Fsp3) is 0.294. The molecule has 0 amide bonds. The molecule has 1 fully saturated rings. The highest BCUT2D eigenvalue weighted by atomic mass is 15.8. The molecular formula is C17H19N7. The van der Waals surface area contributed by atoms with Crippen molar-refractivity contribution < 1.29 is 0 Å². The van der Waals surface area contributed by atoms with E-state index in [1.807, 2.05) is 39.0 Å². The van der Waals surface area contributed by atoms with Crippen molar-refractivity contribution in [1.29, 1.82) is 0 Å². The number of hydrogen-bond donors (Lipinski definition) is 2. The van der Waals surface area contributed by atoms with Crippen LogP contribution < -0.4 is 11.0 Å². The van der Waals surface area contributed by atoms with Gasteiger partial charge in [-0.25, -0.2) is 30.7 Å². The number of nitrogens with zero attached hydrogens (tertiary/aromatic N) is 5. The Labute approximate surface area is 139 Å². The minimum Gasteiger partial charge on any atom is -0.291 e. The summed E-state index contributed by atoms with van der Waals surface area (Å²) in [7, 11) is 0. The van der Waals surface area contributed by atoms with Gasteiger partial charge in [0.15, 0.2) is 0 Å². The predicted molar refractivity (Wildman–Crippen MR) is 92.0 cm³/mol. The largest absolute Gasteiger partial charge is 0.291 e. The van der Waals surface area contributed by atoms with Crippen LogP contribution in [-0.2, 0) is 0 Å². The number of imidazole rings is 1. The smallest absolute Gasteiger partial charge is 0.233 e. The van der Waals surface area contributed by atoms with Crippen LogP contribution in [0.2, 0.25) is 0 Å². The molecule has 3 aromatic heterocycles. The molecule has 3 aromatic rings. The Bertz CT molecular complexity index is 918. The van der Waals surface area contributed by atoms with Gasteiger partial charge in [-0.15, -0.1) is 0 Å². The van der Waals surface area contributed by atoms with Crippen LogP contribution >= 0.6 is 0 Å². The zero-order chi connectivity index (χ0) is 16.1. The number of aromatic nitrogens is 4. The normalized spacial score (nSPS) is 17.8. The van der Waals surface area contributed by atoms with E-state index in [-0.39, 0.29) is 0 Å². The Morgan fingerprint density at radius 1 is 1.29 bits per heavy atom. The van der Waals surface area contributed by atoms with Crippen LogP contribution in [-0.4, -0.2) is 30.2 Å². The first-order valence-electron chi connectivity index (χ1n) is 8.28. The maximum atomic E-state index is 4.40. The molecule has 1 aliphatic heterocycles. The van der Waals surface area contributed by atoms with E-state index in [4.69, 9.17) is 0 Å². The van der Waals surface area contributed by atoms with Gasteiger partial charge in [-0.3, -0.25) is 4.40 Å². The van der Waals surface area contributed by atoms with E-state index in [2.05, 4.69) is 46.2 Å². The monoisotopic (exact) mass is 321 g/mol. The van der Waals surface area contributed by atoms with E-state index in [0.29, 0.717) is 11.8 Å². The van der Waals surface area contributed by atoms with Gasteiger partial charge in [-0.05, 0) is 37.8 Å². The van der Waals surface area contributed by atoms with Gasteiger partial charge in [0.1, 0.15) is 0 Å². The summed E-state index contributed by atoms with van der Waals surface area (Å²) in [6, 6.07) is 2.58. The van der Waals surface area contributed by atoms with Gasteiger partial charge in [0.2, 0.25) is 5.78 Å². The molecule has 2 aliphatic rings. The number of nitrogens with one attached hydrogen (secondary N) is 2. The molecule has 0 bridgehead atoms. The summed E-state index contributed by atoms with van der Waals surface area (Å²) >= 11 is 0. The first-order chi connectivity index (χ1) is 11.8. The van der Waals surface area contributed by atoms with Crippen molar-refractivity contribution in [2.75, 3.05) is 5.53 Å². The third-order valence-electron chi connectivity index (χ3n) is 4.75. The maximum absolute atomic E-state index is 4.40. The van der Waals surface area contributed by atoms with Crippen molar-refractivity contribution in [1.82, 2.24) is 29.6 Å². The Hall–Kier alpha value is -2.80. The molecular weight excluding hydrogens is 302 g/mol. The van der Waals surface area contributed by atoms with Gasteiger partial charge in [0, 0.05) is 54.4 Å². The van der Waals surface area contributed by atoms with Crippen LogP contribution in [0.1, 0.15) is 25.5 Å². The average molecular weight is 321 g/mol. The quantitative estimate of drug-likeness (QED) is 0.772. The summed E-state index contributed by atoms with van der Waals surface area (Å²) in [5, 5.41) is 1.93. The Morgan fingerprint density at radius 3 is 3.08 bits per heavy atom. The van der Waals surface area contributed by atoms with Crippen molar-refractivity contribution >= 4 is 11.9 Å². The molecule has 1 saturated carbocycles. The third kappa shape index (κ3) is 2.25. The molecule has 0 radical (unpaired) electrons. The van der Waals surface area contributed by atoms with E-state index < -0.39 is 0 Å². The van der Waals surface area contributed by atoms with E-state index in [1.165, 1.54) is 12.8 Å². The van der Waals surface area contributed by atoms with Crippen molar-refractivity contribution in [2.24, 2.45) is 5.92 Å². The zero-order valence-electron chi connectivity index (χ0n) is 13.4. The van der Waals surface area contributed by atoms with Crippen molar-refractivity contribution in [3.8, 4) is 11.1 Å². The van der Waals surface area contributed by atoms with Gasteiger partial charge in [-0.2, -0.15) is 0 Å². The molecule has 0 unspecified atom stereocenters. The second-order valence-corrected chi connectivity index (χ2v) is 6.50. The summed E-state index contributed by atoms with van der Waals surface area (Å²) < 4.78 is 3.95. The molecule has 24 heavy (non-hydrogen) atoms. The van der Waals surface area contributed by atoms with Gasteiger partial charge in [0.05, 0.1) is 5.69 Å². The molecule has 2 N–H and O–H groups in total. The molecule has 4 heterocycles. The van der Waals surface area contributed by atoms with Gasteiger partial charge in [-0.1, -0.05) is 0 Å². The Balaban J connectivity index is 1.42. The second-order valence-electron chi connectivity index (χ2n) is 6.50. The topological polar surface area (TPSA) is 62.4 Å². The molecule has 1 atom stereocenters. The zero-order valence-corrected chi connectivity index (χ0v) is 13.4. The molecule has 5 rings (SSSR count). The lowest BCUT2D eigenvalue weighted by atomic mass is 10.1. The maximum Gasteiger partial charge on any atom is 0.233 e. The summed E-state index contributed by atoms with van der Waals surface area (Å²) in [5.41, 5.74) is 10.1. The van der Waals surface area contributed by atoms with Crippen LogP contribution in [0.15, 0.2) is 43.3 Å². The molecule has 7 heteroatoms. The number of fused-ring (bicyclic) bond motifs is 2. The molecule has 7 nitrogen and oxygen atoms in total. The Morgan fingerprint density at radius 2 is 2.21 bits per heavy atom. The van der Waals surface area contributed by atoms with Crippen molar-refractivity contribution in [2.45, 2.75) is 25.8 Å². The van der Waals surface area contributed by atoms with Crippen LogP contribution in [0, 0.1) is 5.92 Å². The third-order valence-corrected chi connectivity index (χ3v) is 4.75.